The van der Waals surface area contributed by atoms with Crippen molar-refractivity contribution in [2.24, 2.45) is 0 Å². The van der Waals surface area contributed by atoms with E-state index in [-0.39, 0.29) is 62.9 Å². The third-order valence-electron chi connectivity index (χ3n) is 7.41. The lowest BCUT2D eigenvalue weighted by atomic mass is 10.0. The highest BCUT2D eigenvalue weighted by molar-refractivity contribution is 5.97. The summed E-state index contributed by atoms with van der Waals surface area (Å²) >= 11 is 0. The van der Waals surface area contributed by atoms with E-state index in [2.05, 4.69) is 26.4 Å². The SMILES string of the molecule is CCOCCC(=O)N1CCNC(=O)[C@@H](Cc2ccccc2)NC(=O)[C@H](Cc2ccccc2)NC(=O)[C@H](C)NC(=O)c2cc(on2)C1. The van der Waals surface area contributed by atoms with Gasteiger partial charge in [0.15, 0.2) is 11.5 Å². The molecule has 3 aromatic rings. The van der Waals surface area contributed by atoms with Crippen molar-refractivity contribution >= 4 is 29.5 Å². The smallest absolute Gasteiger partial charge is 0.274 e. The zero-order valence-corrected chi connectivity index (χ0v) is 26.0. The molecule has 0 saturated heterocycles. The molecule has 5 amide bonds. The van der Waals surface area contributed by atoms with Crippen molar-refractivity contribution in [1.82, 2.24) is 31.3 Å². The Kier molecular flexibility index (Phi) is 12.4. The van der Waals surface area contributed by atoms with Crippen LogP contribution in [0.15, 0.2) is 71.3 Å². The van der Waals surface area contributed by atoms with E-state index in [0.29, 0.717) is 6.61 Å². The van der Waals surface area contributed by atoms with Crippen LogP contribution in [0.25, 0.3) is 0 Å². The molecular weight excluding hydrogens is 592 g/mol. The first kappa shape index (κ1) is 33.8. The molecule has 3 atom stereocenters. The average Bonchev–Trinajstić information content (AvgIpc) is 3.53. The maximum absolute atomic E-state index is 13.7. The number of nitrogens with one attached hydrogen (secondary N) is 4. The van der Waals surface area contributed by atoms with E-state index in [9.17, 15) is 24.0 Å². The Morgan fingerprint density at radius 1 is 0.891 bits per heavy atom. The normalized spacial score (nSPS) is 20.0. The second-order valence-corrected chi connectivity index (χ2v) is 10.9. The highest BCUT2D eigenvalue weighted by Gasteiger charge is 2.30. The van der Waals surface area contributed by atoms with E-state index < -0.39 is 41.8 Å². The highest BCUT2D eigenvalue weighted by Crippen LogP contribution is 2.11. The lowest BCUT2D eigenvalue weighted by Crippen LogP contribution is -2.57. The summed E-state index contributed by atoms with van der Waals surface area (Å²) in [5, 5.41) is 14.8. The molecule has 0 radical (unpaired) electrons. The number of aromatic nitrogens is 1. The number of hydrogen-bond acceptors (Lipinski definition) is 8. The van der Waals surface area contributed by atoms with Gasteiger partial charge in [-0.05, 0) is 25.0 Å². The van der Waals surface area contributed by atoms with Crippen LogP contribution in [-0.4, -0.2) is 84.0 Å². The molecule has 2 aromatic carbocycles. The summed E-state index contributed by atoms with van der Waals surface area (Å²) in [4.78, 5) is 68.0. The molecule has 1 aromatic heterocycles. The second-order valence-electron chi connectivity index (χ2n) is 10.9. The summed E-state index contributed by atoms with van der Waals surface area (Å²) in [6, 6.07) is 16.7. The standard InChI is InChI=1S/C33H40N6O7/c1-3-45-17-14-29(40)39-16-15-34-31(42)26(18-23-10-6-4-7-11-23)37-32(43)27(19-24-12-8-5-9-13-24)36-30(41)22(2)35-33(44)28-20-25(21-39)46-38-28/h4-13,20,22,26-27H,3,14-19,21H2,1-2H3,(H,34,42)(H,35,44)(H,36,41)(H,37,43)/t22-,26+,27-/m0/s1. The first-order valence-electron chi connectivity index (χ1n) is 15.3. The van der Waals surface area contributed by atoms with Crippen LogP contribution >= 0.6 is 0 Å². The second kappa shape index (κ2) is 16.9. The lowest BCUT2D eigenvalue weighted by molar-refractivity contribution is -0.134. The van der Waals surface area contributed by atoms with Crippen LogP contribution in [0.2, 0.25) is 0 Å². The number of carbonyl (C=O) groups excluding carboxylic acids is 5. The van der Waals surface area contributed by atoms with Crippen LogP contribution in [0.1, 0.15) is 47.6 Å². The van der Waals surface area contributed by atoms with Gasteiger partial charge < -0.3 is 35.4 Å². The molecule has 0 aliphatic carbocycles. The molecule has 0 unspecified atom stereocenters. The zero-order valence-electron chi connectivity index (χ0n) is 26.0. The van der Waals surface area contributed by atoms with Crippen molar-refractivity contribution in [2.75, 3.05) is 26.3 Å². The minimum absolute atomic E-state index is 0.0114. The molecule has 13 nitrogen and oxygen atoms in total. The van der Waals surface area contributed by atoms with Gasteiger partial charge in [0.2, 0.25) is 23.6 Å². The lowest BCUT2D eigenvalue weighted by Gasteiger charge is -2.26. The van der Waals surface area contributed by atoms with Gasteiger partial charge in [-0.15, -0.1) is 0 Å². The molecule has 2 bridgehead atoms. The molecule has 244 valence electrons. The van der Waals surface area contributed by atoms with Crippen LogP contribution in [0.5, 0.6) is 0 Å². The van der Waals surface area contributed by atoms with E-state index in [1.807, 2.05) is 67.6 Å². The van der Waals surface area contributed by atoms with Gasteiger partial charge in [-0.2, -0.15) is 0 Å². The Bertz CT molecular complexity index is 1480. The van der Waals surface area contributed by atoms with Crippen LogP contribution in [0.3, 0.4) is 0 Å². The van der Waals surface area contributed by atoms with E-state index >= 15 is 0 Å². The van der Waals surface area contributed by atoms with Gasteiger partial charge in [-0.1, -0.05) is 65.8 Å². The van der Waals surface area contributed by atoms with Crippen LogP contribution in [0, 0.1) is 0 Å². The molecule has 0 spiro atoms. The molecule has 46 heavy (non-hydrogen) atoms. The quantitative estimate of drug-likeness (QED) is 0.268. The number of ether oxygens (including phenoxy) is 1. The summed E-state index contributed by atoms with van der Waals surface area (Å²) in [7, 11) is 0. The number of amides is 5. The Labute approximate surface area is 267 Å². The molecule has 0 saturated carbocycles. The summed E-state index contributed by atoms with van der Waals surface area (Å²) in [6.45, 7) is 4.17. The Morgan fingerprint density at radius 2 is 1.50 bits per heavy atom. The third-order valence-corrected chi connectivity index (χ3v) is 7.41. The highest BCUT2D eigenvalue weighted by atomic mass is 16.5. The van der Waals surface area contributed by atoms with Crippen molar-refractivity contribution in [3.63, 3.8) is 0 Å². The van der Waals surface area contributed by atoms with Crippen molar-refractivity contribution in [1.29, 1.82) is 0 Å². The van der Waals surface area contributed by atoms with Gasteiger partial charge in [-0.3, -0.25) is 24.0 Å². The summed E-state index contributed by atoms with van der Waals surface area (Å²) in [5.41, 5.74) is 1.53. The fraction of sp³-hybridized carbons (Fsp3) is 0.394. The number of benzene rings is 2. The number of rotatable bonds is 8. The Hall–Kier alpha value is -5.04. The number of nitrogens with zero attached hydrogens (tertiary/aromatic N) is 2. The van der Waals surface area contributed by atoms with E-state index in [0.717, 1.165) is 11.1 Å². The number of carbonyl (C=O) groups is 5. The van der Waals surface area contributed by atoms with Crippen LogP contribution in [-0.2, 0) is 43.3 Å². The molecular formula is C33H40N6O7. The van der Waals surface area contributed by atoms with Crippen molar-refractivity contribution in [2.45, 2.75) is 57.8 Å². The fourth-order valence-corrected chi connectivity index (χ4v) is 4.90. The van der Waals surface area contributed by atoms with Gasteiger partial charge >= 0.3 is 0 Å². The van der Waals surface area contributed by atoms with Gasteiger partial charge in [0, 0.05) is 38.6 Å². The van der Waals surface area contributed by atoms with E-state index in [4.69, 9.17) is 9.26 Å². The van der Waals surface area contributed by atoms with E-state index in [1.165, 1.54) is 17.9 Å². The molecule has 2 heterocycles. The monoisotopic (exact) mass is 632 g/mol. The zero-order chi connectivity index (χ0) is 32.9. The van der Waals surface area contributed by atoms with Crippen LogP contribution in [0.4, 0.5) is 0 Å². The van der Waals surface area contributed by atoms with Crippen molar-refractivity contribution in [3.8, 4) is 0 Å². The van der Waals surface area contributed by atoms with Gasteiger partial charge in [0.25, 0.3) is 5.91 Å². The van der Waals surface area contributed by atoms with Crippen LogP contribution < -0.4 is 21.3 Å². The van der Waals surface area contributed by atoms with Gasteiger partial charge in [-0.25, -0.2) is 0 Å². The Balaban J connectivity index is 1.63. The fourth-order valence-electron chi connectivity index (χ4n) is 4.90. The summed E-state index contributed by atoms with van der Waals surface area (Å²) in [5.74, 6) is -2.29. The van der Waals surface area contributed by atoms with Gasteiger partial charge in [0.05, 0.1) is 19.6 Å². The molecule has 1 aliphatic heterocycles. The number of hydrogen-bond donors (Lipinski definition) is 4. The van der Waals surface area contributed by atoms with Gasteiger partial charge in [0.1, 0.15) is 18.1 Å². The maximum Gasteiger partial charge on any atom is 0.274 e. The minimum atomic E-state index is -1.06. The predicted molar refractivity (Wildman–Crippen MR) is 167 cm³/mol. The molecule has 4 N–H and O–H groups in total. The van der Waals surface area contributed by atoms with E-state index in [1.54, 1.807) is 0 Å². The average molecular weight is 633 g/mol. The topological polar surface area (TPSA) is 172 Å². The molecule has 1 aliphatic rings. The predicted octanol–water partition coefficient (Wildman–Crippen LogP) is 1.13. The first-order chi connectivity index (χ1) is 22.2. The summed E-state index contributed by atoms with van der Waals surface area (Å²) < 4.78 is 10.7. The number of fused-ring (bicyclic) bond motifs is 2. The minimum Gasteiger partial charge on any atom is -0.381 e. The molecule has 4 rings (SSSR count). The maximum atomic E-state index is 13.7. The molecule has 0 fully saturated rings. The van der Waals surface area contributed by atoms with Crippen molar-refractivity contribution < 1.29 is 33.2 Å². The molecule has 13 heteroatoms. The Morgan fingerprint density at radius 3 is 2.13 bits per heavy atom. The largest absolute Gasteiger partial charge is 0.381 e. The summed E-state index contributed by atoms with van der Waals surface area (Å²) in [6.07, 6.45) is 0.435. The van der Waals surface area contributed by atoms with Crippen molar-refractivity contribution in [3.05, 3.63) is 89.3 Å². The first-order valence-corrected chi connectivity index (χ1v) is 15.3. The third kappa shape index (κ3) is 9.99.